The van der Waals surface area contributed by atoms with Gasteiger partial charge in [-0.2, -0.15) is 13.2 Å². The van der Waals surface area contributed by atoms with Crippen LogP contribution in [0.1, 0.15) is 41.2 Å². The summed E-state index contributed by atoms with van der Waals surface area (Å²) in [6.07, 6.45) is -1.83. The van der Waals surface area contributed by atoms with Gasteiger partial charge < -0.3 is 9.64 Å². The van der Waals surface area contributed by atoms with Crippen molar-refractivity contribution in [3.63, 3.8) is 0 Å². The first-order valence-electron chi connectivity index (χ1n) is 13.5. The normalized spacial score (nSPS) is 22.2. The number of imide groups is 1. The van der Waals surface area contributed by atoms with Crippen LogP contribution in [0.2, 0.25) is 0 Å². The van der Waals surface area contributed by atoms with Gasteiger partial charge in [0.1, 0.15) is 17.5 Å². The molecule has 0 unspecified atom stereocenters. The summed E-state index contributed by atoms with van der Waals surface area (Å²) in [7, 11) is 1.51. The second-order valence-electron chi connectivity index (χ2n) is 10.4. The number of hydrogen-bond donors (Lipinski definition) is 0. The zero-order valence-electron chi connectivity index (χ0n) is 22.4. The molecule has 2 aromatic carbocycles. The average molecular weight is 618 g/mol. The number of amides is 3. The number of carbonyl (C=O) groups is 3. The van der Waals surface area contributed by atoms with Crippen LogP contribution in [0.4, 0.5) is 18.9 Å². The fourth-order valence-electron chi connectivity index (χ4n) is 5.88. The molecule has 3 amide bonds. The summed E-state index contributed by atoms with van der Waals surface area (Å²) in [5.41, 5.74) is -0.488. The lowest BCUT2D eigenvalue weighted by molar-refractivity contribution is -0.137. The first kappa shape index (κ1) is 28.5. The highest BCUT2D eigenvalue weighted by Crippen LogP contribution is 2.54. The largest absolute Gasteiger partial charge is 0.497 e. The van der Waals surface area contributed by atoms with Crippen LogP contribution in [-0.2, 0) is 27.1 Å². The van der Waals surface area contributed by atoms with Crippen molar-refractivity contribution in [2.24, 2.45) is 5.92 Å². The lowest BCUT2D eigenvalue weighted by Crippen LogP contribution is -2.39. The number of thiazole rings is 1. The lowest BCUT2D eigenvalue weighted by Gasteiger charge is -2.31. The van der Waals surface area contributed by atoms with E-state index in [9.17, 15) is 32.3 Å². The second kappa shape index (κ2) is 10.9. The number of methoxy groups -OCH3 is 1. The lowest BCUT2D eigenvalue weighted by atomic mass is 9.83. The molecule has 3 aliphatic heterocycles. The molecule has 0 bridgehead atoms. The van der Waals surface area contributed by atoms with E-state index in [0.29, 0.717) is 34.3 Å². The number of rotatable bonds is 5. The Hall–Kier alpha value is -3.58. The number of carbonyl (C=O) groups excluding carboxylic acids is 3. The topological polar surface area (TPSA) is 88.9 Å². The van der Waals surface area contributed by atoms with Gasteiger partial charge in [0.05, 0.1) is 29.3 Å². The third-order valence-corrected chi connectivity index (χ3v) is 10.6. The number of thioether (sulfide) groups is 1. The zero-order chi connectivity index (χ0) is 29.8. The number of benzene rings is 2. The summed E-state index contributed by atoms with van der Waals surface area (Å²) in [6.45, 7) is 1.04. The highest BCUT2D eigenvalue weighted by molar-refractivity contribution is 8.00. The standard InChI is InChI=1S/C29H26F3N3O5S2/c1-40-19-10-8-16(9-11-19)21-22-23(26(38)35(25(22)37)18-7-5-6-17(14-18)29(30,31)32)41-27-24(21)42-28(39)34(27)15-20(36)33-12-3-2-4-13-33/h5-11,14,21-23H,2-4,12-13,15H2,1H3/t21-,22-,23+/m0/s1. The van der Waals surface area contributed by atoms with Gasteiger partial charge in [-0.25, -0.2) is 4.90 Å². The van der Waals surface area contributed by atoms with Gasteiger partial charge in [-0.05, 0) is 55.2 Å². The Morgan fingerprint density at radius 1 is 1.00 bits per heavy atom. The molecule has 0 radical (unpaired) electrons. The summed E-state index contributed by atoms with van der Waals surface area (Å²) < 4.78 is 47.1. The van der Waals surface area contributed by atoms with Crippen molar-refractivity contribution >= 4 is 46.5 Å². The minimum atomic E-state index is -4.66. The molecular weight excluding hydrogens is 591 g/mol. The second-order valence-corrected chi connectivity index (χ2v) is 12.6. The van der Waals surface area contributed by atoms with Gasteiger partial charge in [0, 0.05) is 23.9 Å². The molecule has 2 saturated heterocycles. The fraction of sp³-hybridized carbons (Fsp3) is 0.379. The number of anilines is 1. The van der Waals surface area contributed by atoms with Crippen LogP contribution in [0.15, 0.2) is 58.4 Å². The van der Waals surface area contributed by atoms with Crippen molar-refractivity contribution in [1.29, 1.82) is 0 Å². The Balaban J connectivity index is 1.43. The molecule has 1 aromatic heterocycles. The Bertz CT molecular complexity index is 1610. The number of alkyl halides is 3. The summed E-state index contributed by atoms with van der Waals surface area (Å²) in [5.74, 6) is -2.62. The van der Waals surface area contributed by atoms with Crippen molar-refractivity contribution in [2.75, 3.05) is 25.1 Å². The van der Waals surface area contributed by atoms with Crippen molar-refractivity contribution in [1.82, 2.24) is 9.47 Å². The Kier molecular flexibility index (Phi) is 7.42. The molecule has 0 saturated carbocycles. The van der Waals surface area contributed by atoms with Gasteiger partial charge in [0.2, 0.25) is 17.7 Å². The van der Waals surface area contributed by atoms with Crippen LogP contribution in [0.3, 0.4) is 0 Å². The first-order valence-corrected chi connectivity index (χ1v) is 15.1. The van der Waals surface area contributed by atoms with Crippen molar-refractivity contribution < 1.29 is 32.3 Å². The van der Waals surface area contributed by atoms with E-state index in [1.54, 1.807) is 29.2 Å². The number of ether oxygens (including phenoxy) is 1. The number of piperidine rings is 1. The van der Waals surface area contributed by atoms with Crippen LogP contribution >= 0.6 is 23.1 Å². The van der Waals surface area contributed by atoms with Gasteiger partial charge in [-0.1, -0.05) is 41.3 Å². The van der Waals surface area contributed by atoms with Crippen molar-refractivity contribution in [2.45, 2.75) is 48.2 Å². The summed E-state index contributed by atoms with van der Waals surface area (Å²) in [5, 5.41) is -0.568. The molecule has 220 valence electrons. The highest BCUT2D eigenvalue weighted by atomic mass is 32.2. The predicted molar refractivity (Wildman–Crippen MR) is 151 cm³/mol. The van der Waals surface area contributed by atoms with Crippen molar-refractivity contribution in [3.05, 3.63) is 74.2 Å². The molecule has 42 heavy (non-hydrogen) atoms. The summed E-state index contributed by atoms with van der Waals surface area (Å²) >= 11 is 1.96. The Morgan fingerprint density at radius 3 is 2.38 bits per heavy atom. The molecule has 0 N–H and O–H groups in total. The van der Waals surface area contributed by atoms with Gasteiger partial charge in [0.25, 0.3) is 0 Å². The van der Waals surface area contributed by atoms with Gasteiger partial charge in [-0.15, -0.1) is 0 Å². The summed E-state index contributed by atoms with van der Waals surface area (Å²) in [6, 6.07) is 11.1. The molecule has 8 nitrogen and oxygen atoms in total. The minimum Gasteiger partial charge on any atom is -0.497 e. The quantitative estimate of drug-likeness (QED) is 0.385. The van der Waals surface area contributed by atoms with Crippen LogP contribution in [0.5, 0.6) is 5.75 Å². The van der Waals surface area contributed by atoms with Crippen LogP contribution in [-0.4, -0.2) is 52.6 Å². The molecule has 3 atom stereocenters. The highest BCUT2D eigenvalue weighted by Gasteiger charge is 2.57. The molecule has 13 heteroatoms. The van der Waals surface area contributed by atoms with E-state index in [1.165, 1.54) is 17.7 Å². The van der Waals surface area contributed by atoms with E-state index in [0.717, 1.165) is 65.5 Å². The third-order valence-electron chi connectivity index (χ3n) is 7.96. The summed E-state index contributed by atoms with van der Waals surface area (Å²) in [4.78, 5) is 56.9. The number of fused-ring (bicyclic) bond motifs is 2. The third kappa shape index (κ3) is 4.91. The number of nitrogens with zero attached hydrogens (tertiary/aromatic N) is 3. The molecule has 3 aromatic rings. The molecule has 4 heterocycles. The average Bonchev–Trinajstić information content (AvgIpc) is 3.43. The van der Waals surface area contributed by atoms with E-state index in [4.69, 9.17) is 4.74 Å². The van der Waals surface area contributed by atoms with Crippen LogP contribution in [0, 0.1) is 5.92 Å². The van der Waals surface area contributed by atoms with Crippen molar-refractivity contribution in [3.8, 4) is 5.75 Å². The molecule has 6 rings (SSSR count). The molecule has 0 spiro atoms. The molecule has 2 fully saturated rings. The number of halogens is 3. The molecule has 3 aliphatic rings. The van der Waals surface area contributed by atoms with Crippen LogP contribution in [0.25, 0.3) is 0 Å². The van der Waals surface area contributed by atoms with E-state index in [-0.39, 0.29) is 23.0 Å². The molecular formula is C29H26F3N3O5S2. The van der Waals surface area contributed by atoms with E-state index >= 15 is 0 Å². The van der Waals surface area contributed by atoms with Gasteiger partial charge in [-0.3, -0.25) is 23.7 Å². The Labute approximate surface area is 247 Å². The Morgan fingerprint density at radius 2 is 1.71 bits per heavy atom. The number of aromatic nitrogens is 1. The smallest absolute Gasteiger partial charge is 0.416 e. The predicted octanol–water partition coefficient (Wildman–Crippen LogP) is 4.75. The number of likely N-dealkylation sites (tertiary alicyclic amines) is 1. The maximum atomic E-state index is 13.9. The van der Waals surface area contributed by atoms with E-state index in [2.05, 4.69) is 0 Å². The monoisotopic (exact) mass is 617 g/mol. The zero-order valence-corrected chi connectivity index (χ0v) is 24.1. The van der Waals surface area contributed by atoms with Crippen LogP contribution < -0.4 is 14.5 Å². The van der Waals surface area contributed by atoms with Gasteiger partial charge >= 0.3 is 11.0 Å². The minimum absolute atomic E-state index is 0.163. The maximum absolute atomic E-state index is 13.9. The fourth-order valence-corrected chi connectivity index (χ4v) is 8.65. The first-order chi connectivity index (χ1) is 20.1. The number of hydrogen-bond acceptors (Lipinski definition) is 7. The molecule has 0 aliphatic carbocycles. The van der Waals surface area contributed by atoms with E-state index < -0.39 is 40.6 Å². The SMILES string of the molecule is COc1ccc([C@@H]2c3sc(=O)n(CC(=O)N4CCCCC4)c3S[C@H]3C(=O)N(c4cccc(C(F)(F)F)c4)C(=O)[C@@H]23)cc1. The maximum Gasteiger partial charge on any atom is 0.416 e. The van der Waals surface area contributed by atoms with E-state index in [1.807, 2.05) is 0 Å². The van der Waals surface area contributed by atoms with Gasteiger partial charge in [0.15, 0.2) is 0 Å².